The van der Waals surface area contributed by atoms with E-state index >= 15 is 0 Å². The van der Waals surface area contributed by atoms with Crippen molar-refractivity contribution < 1.29 is 4.74 Å². The maximum atomic E-state index is 5.39. The lowest BCUT2D eigenvalue weighted by Crippen LogP contribution is -2.45. The summed E-state index contributed by atoms with van der Waals surface area (Å²) in [4.78, 5) is 6.66. The molecule has 118 valence electrons. The van der Waals surface area contributed by atoms with E-state index in [0.717, 1.165) is 25.0 Å². The summed E-state index contributed by atoms with van der Waals surface area (Å²) in [6.45, 7) is 8.33. The molecule has 20 heavy (non-hydrogen) atoms. The molecule has 2 N–H and O–H groups in total. The van der Waals surface area contributed by atoms with Crippen LogP contribution in [0.2, 0.25) is 0 Å². The summed E-state index contributed by atoms with van der Waals surface area (Å²) in [6.07, 6.45) is 3.87. The van der Waals surface area contributed by atoms with E-state index in [1.54, 1.807) is 7.11 Å². The van der Waals surface area contributed by atoms with E-state index in [1.807, 2.05) is 7.05 Å². The predicted molar refractivity (Wildman–Crippen MR) is 85.3 cm³/mol. The maximum absolute atomic E-state index is 5.39. The standard InChI is InChI=1S/C15H32N4O/c1-15(2,20-5)12-18-14(16-3)17-9-6-13-7-10-19(4)11-8-13/h13H,6-12H2,1-5H3,(H2,16,17,18). The fourth-order valence-electron chi connectivity index (χ4n) is 2.33. The van der Waals surface area contributed by atoms with E-state index in [4.69, 9.17) is 4.74 Å². The number of methoxy groups -OCH3 is 1. The predicted octanol–water partition coefficient (Wildman–Crippen LogP) is 1.31. The summed E-state index contributed by atoms with van der Waals surface area (Å²) in [5.74, 6) is 1.72. The zero-order valence-electron chi connectivity index (χ0n) is 13.8. The molecule has 0 aromatic carbocycles. The van der Waals surface area contributed by atoms with Gasteiger partial charge in [-0.3, -0.25) is 4.99 Å². The van der Waals surface area contributed by atoms with Gasteiger partial charge in [0.05, 0.1) is 5.60 Å². The van der Waals surface area contributed by atoms with Crippen molar-refractivity contribution in [1.29, 1.82) is 0 Å². The minimum atomic E-state index is -0.175. The average molecular weight is 284 g/mol. The van der Waals surface area contributed by atoms with Crippen molar-refractivity contribution in [3.63, 3.8) is 0 Å². The zero-order chi connectivity index (χ0) is 15.0. The number of hydrogen-bond donors (Lipinski definition) is 2. The van der Waals surface area contributed by atoms with Crippen molar-refractivity contribution in [3.8, 4) is 0 Å². The molecule has 5 nitrogen and oxygen atoms in total. The van der Waals surface area contributed by atoms with Crippen LogP contribution in [0.5, 0.6) is 0 Å². The van der Waals surface area contributed by atoms with E-state index in [9.17, 15) is 0 Å². The first-order valence-electron chi connectivity index (χ1n) is 7.65. The second-order valence-electron chi connectivity index (χ2n) is 6.35. The Bertz CT molecular complexity index is 296. The van der Waals surface area contributed by atoms with Crippen molar-refractivity contribution in [2.24, 2.45) is 10.9 Å². The Morgan fingerprint density at radius 1 is 1.30 bits per heavy atom. The normalized spacial score (nSPS) is 19.1. The fraction of sp³-hybridized carbons (Fsp3) is 0.933. The molecule has 0 radical (unpaired) electrons. The number of likely N-dealkylation sites (tertiary alicyclic amines) is 1. The minimum absolute atomic E-state index is 0.175. The lowest BCUT2D eigenvalue weighted by molar-refractivity contribution is 0.0268. The van der Waals surface area contributed by atoms with Crippen LogP contribution in [0.25, 0.3) is 0 Å². The van der Waals surface area contributed by atoms with E-state index in [1.165, 1.54) is 32.4 Å². The summed E-state index contributed by atoms with van der Waals surface area (Å²) in [7, 11) is 5.75. The number of nitrogens with zero attached hydrogens (tertiary/aromatic N) is 2. The molecule has 0 atom stereocenters. The van der Waals surface area contributed by atoms with Gasteiger partial charge in [-0.05, 0) is 59.2 Å². The Hall–Kier alpha value is -0.810. The molecular weight excluding hydrogens is 252 g/mol. The lowest BCUT2D eigenvalue weighted by Gasteiger charge is -2.29. The first-order valence-corrected chi connectivity index (χ1v) is 7.65. The molecule has 1 fully saturated rings. The van der Waals surface area contributed by atoms with Crippen molar-refractivity contribution >= 4 is 5.96 Å². The van der Waals surface area contributed by atoms with Gasteiger partial charge in [-0.2, -0.15) is 0 Å². The summed E-state index contributed by atoms with van der Waals surface area (Å²) >= 11 is 0. The smallest absolute Gasteiger partial charge is 0.191 e. The number of nitrogens with one attached hydrogen (secondary N) is 2. The van der Waals surface area contributed by atoms with Crippen LogP contribution in [0.4, 0.5) is 0 Å². The highest BCUT2D eigenvalue weighted by Gasteiger charge is 2.18. The van der Waals surface area contributed by atoms with Gasteiger partial charge in [0.15, 0.2) is 5.96 Å². The van der Waals surface area contributed by atoms with Gasteiger partial charge in [0.1, 0.15) is 0 Å². The monoisotopic (exact) mass is 284 g/mol. The summed E-state index contributed by atoms with van der Waals surface area (Å²) in [5.41, 5.74) is -0.175. The first kappa shape index (κ1) is 17.2. The molecule has 1 rings (SSSR count). The molecule has 0 aliphatic carbocycles. The van der Waals surface area contributed by atoms with Gasteiger partial charge >= 0.3 is 0 Å². The Balaban J connectivity index is 2.18. The molecule has 0 bridgehead atoms. The molecule has 5 heteroatoms. The molecule has 0 spiro atoms. The Morgan fingerprint density at radius 2 is 1.95 bits per heavy atom. The zero-order valence-corrected chi connectivity index (χ0v) is 13.8. The highest BCUT2D eigenvalue weighted by atomic mass is 16.5. The number of hydrogen-bond acceptors (Lipinski definition) is 3. The molecule has 0 amide bonds. The Morgan fingerprint density at radius 3 is 2.50 bits per heavy atom. The third-order valence-corrected chi connectivity index (χ3v) is 4.14. The molecule has 1 aliphatic heterocycles. The number of piperidine rings is 1. The van der Waals surface area contributed by atoms with Crippen molar-refractivity contribution in [2.45, 2.75) is 38.7 Å². The van der Waals surface area contributed by atoms with Crippen LogP contribution in [0.15, 0.2) is 4.99 Å². The van der Waals surface area contributed by atoms with Gasteiger partial charge in [0, 0.05) is 27.2 Å². The highest BCUT2D eigenvalue weighted by Crippen LogP contribution is 2.18. The molecule has 1 aliphatic rings. The van der Waals surface area contributed by atoms with E-state index in [0.29, 0.717) is 0 Å². The van der Waals surface area contributed by atoms with Gasteiger partial charge < -0.3 is 20.3 Å². The molecule has 1 saturated heterocycles. The quantitative estimate of drug-likeness (QED) is 0.570. The Labute approximate surface area is 124 Å². The van der Waals surface area contributed by atoms with Crippen molar-refractivity contribution in [3.05, 3.63) is 0 Å². The minimum Gasteiger partial charge on any atom is -0.377 e. The third-order valence-electron chi connectivity index (χ3n) is 4.14. The molecule has 0 aromatic rings. The van der Waals surface area contributed by atoms with Gasteiger partial charge in [0.2, 0.25) is 0 Å². The van der Waals surface area contributed by atoms with Gasteiger partial charge in [-0.15, -0.1) is 0 Å². The number of aliphatic imine (C=N–C) groups is 1. The molecule has 0 unspecified atom stereocenters. The van der Waals surface area contributed by atoms with Crippen LogP contribution in [0, 0.1) is 5.92 Å². The van der Waals surface area contributed by atoms with E-state index in [-0.39, 0.29) is 5.60 Å². The highest BCUT2D eigenvalue weighted by molar-refractivity contribution is 5.79. The van der Waals surface area contributed by atoms with E-state index in [2.05, 4.69) is 41.4 Å². The summed E-state index contributed by atoms with van der Waals surface area (Å²) in [5, 5.41) is 6.71. The van der Waals surface area contributed by atoms with Gasteiger partial charge in [-0.25, -0.2) is 0 Å². The molecule has 0 saturated carbocycles. The number of rotatable bonds is 6. The van der Waals surface area contributed by atoms with Crippen LogP contribution < -0.4 is 10.6 Å². The molecule has 1 heterocycles. The van der Waals surface area contributed by atoms with Crippen molar-refractivity contribution in [1.82, 2.24) is 15.5 Å². The summed E-state index contributed by atoms with van der Waals surface area (Å²) < 4.78 is 5.39. The van der Waals surface area contributed by atoms with Crippen LogP contribution in [-0.4, -0.2) is 63.8 Å². The molecular formula is C15H32N4O. The first-order chi connectivity index (χ1) is 9.46. The maximum Gasteiger partial charge on any atom is 0.191 e. The number of ether oxygens (including phenoxy) is 1. The lowest BCUT2D eigenvalue weighted by atomic mass is 9.94. The molecule has 0 aromatic heterocycles. The fourth-order valence-corrected chi connectivity index (χ4v) is 2.33. The van der Waals surface area contributed by atoms with Crippen molar-refractivity contribution in [2.75, 3.05) is 47.4 Å². The van der Waals surface area contributed by atoms with Gasteiger partial charge in [0.25, 0.3) is 0 Å². The number of guanidine groups is 1. The van der Waals surface area contributed by atoms with Crippen LogP contribution in [0.3, 0.4) is 0 Å². The Kier molecular flexibility index (Phi) is 7.30. The van der Waals surface area contributed by atoms with Crippen LogP contribution in [0.1, 0.15) is 33.1 Å². The summed E-state index contributed by atoms with van der Waals surface area (Å²) in [6, 6.07) is 0. The largest absolute Gasteiger partial charge is 0.377 e. The average Bonchev–Trinajstić information content (AvgIpc) is 2.44. The third kappa shape index (κ3) is 6.57. The van der Waals surface area contributed by atoms with Gasteiger partial charge in [-0.1, -0.05) is 0 Å². The van der Waals surface area contributed by atoms with Crippen LogP contribution in [-0.2, 0) is 4.74 Å². The topological polar surface area (TPSA) is 48.9 Å². The SMILES string of the molecule is CN=C(NCCC1CCN(C)CC1)NCC(C)(C)OC. The second kappa shape index (κ2) is 8.47. The van der Waals surface area contributed by atoms with Crippen LogP contribution >= 0.6 is 0 Å². The van der Waals surface area contributed by atoms with E-state index < -0.39 is 0 Å². The second-order valence-corrected chi connectivity index (χ2v) is 6.35.